The Morgan fingerprint density at radius 1 is 1.39 bits per heavy atom. The molecule has 0 heterocycles. The highest BCUT2D eigenvalue weighted by Gasteiger charge is 2.24. The van der Waals surface area contributed by atoms with Crippen LogP contribution < -0.4 is 4.74 Å². The minimum absolute atomic E-state index is 0.122. The van der Waals surface area contributed by atoms with Crippen molar-refractivity contribution in [1.29, 1.82) is 0 Å². The summed E-state index contributed by atoms with van der Waals surface area (Å²) in [6.45, 7) is 0. The summed E-state index contributed by atoms with van der Waals surface area (Å²) in [7, 11) is 3.20. The Bertz CT molecular complexity index is 441. The van der Waals surface area contributed by atoms with E-state index in [1.807, 2.05) is 0 Å². The molecule has 0 unspecified atom stereocenters. The quantitative estimate of drug-likeness (QED) is 0.826. The van der Waals surface area contributed by atoms with Crippen molar-refractivity contribution in [2.75, 3.05) is 14.2 Å². The number of rotatable bonds is 3. The van der Waals surface area contributed by atoms with Gasteiger partial charge in [-0.1, -0.05) is 12.8 Å². The highest BCUT2D eigenvalue weighted by Crippen LogP contribution is 2.25. The molecular weight excluding hydrogens is 233 g/mol. The first-order chi connectivity index (χ1) is 8.63. The first kappa shape index (κ1) is 12.9. The molecule has 1 saturated carbocycles. The first-order valence-corrected chi connectivity index (χ1v) is 6.24. The maximum atomic E-state index is 13.6. The van der Waals surface area contributed by atoms with Crippen LogP contribution in [0.15, 0.2) is 18.2 Å². The molecule has 1 fully saturated rings. The number of carbonyl (C=O) groups excluding carboxylic acids is 1. The van der Waals surface area contributed by atoms with Crippen molar-refractivity contribution in [2.24, 2.45) is 0 Å². The van der Waals surface area contributed by atoms with Gasteiger partial charge in [0.25, 0.3) is 5.91 Å². The smallest absolute Gasteiger partial charge is 0.253 e. The minimum atomic E-state index is -0.497. The van der Waals surface area contributed by atoms with E-state index >= 15 is 0 Å². The second-order valence-electron chi connectivity index (χ2n) is 4.70. The van der Waals surface area contributed by atoms with Crippen LogP contribution >= 0.6 is 0 Å². The number of nitrogens with zero attached hydrogens (tertiary/aromatic N) is 1. The van der Waals surface area contributed by atoms with Gasteiger partial charge in [-0.25, -0.2) is 4.39 Å². The fourth-order valence-corrected chi connectivity index (χ4v) is 2.46. The number of amides is 1. The van der Waals surface area contributed by atoms with E-state index in [1.165, 1.54) is 32.1 Å². The van der Waals surface area contributed by atoms with Crippen LogP contribution in [0.5, 0.6) is 5.75 Å². The number of ether oxygens (including phenoxy) is 1. The van der Waals surface area contributed by atoms with E-state index in [0.29, 0.717) is 11.6 Å². The van der Waals surface area contributed by atoms with Gasteiger partial charge in [-0.05, 0) is 31.0 Å². The third kappa shape index (κ3) is 2.47. The van der Waals surface area contributed by atoms with Crippen LogP contribution in [0.2, 0.25) is 0 Å². The lowest BCUT2D eigenvalue weighted by Crippen LogP contribution is -2.35. The molecule has 0 atom stereocenters. The molecule has 1 aromatic rings. The van der Waals surface area contributed by atoms with Crippen molar-refractivity contribution in [1.82, 2.24) is 4.90 Å². The predicted molar refractivity (Wildman–Crippen MR) is 67.3 cm³/mol. The summed E-state index contributed by atoms with van der Waals surface area (Å²) in [5.74, 6) is -0.457. The van der Waals surface area contributed by atoms with E-state index in [4.69, 9.17) is 4.74 Å². The SMILES string of the molecule is COc1ccc(C(=O)N(C)C2CCCC2)cc1F. The van der Waals surface area contributed by atoms with Crippen molar-refractivity contribution in [3.63, 3.8) is 0 Å². The lowest BCUT2D eigenvalue weighted by atomic mass is 10.1. The monoisotopic (exact) mass is 251 g/mol. The number of methoxy groups -OCH3 is 1. The second-order valence-corrected chi connectivity index (χ2v) is 4.70. The summed E-state index contributed by atoms with van der Waals surface area (Å²) in [6.07, 6.45) is 4.42. The summed E-state index contributed by atoms with van der Waals surface area (Å²) in [4.78, 5) is 13.9. The van der Waals surface area contributed by atoms with Crippen LogP contribution in [0.25, 0.3) is 0 Å². The molecule has 98 valence electrons. The highest BCUT2D eigenvalue weighted by molar-refractivity contribution is 5.94. The van der Waals surface area contributed by atoms with Gasteiger partial charge < -0.3 is 9.64 Å². The lowest BCUT2D eigenvalue weighted by molar-refractivity contribution is 0.0734. The molecule has 0 radical (unpaired) electrons. The molecule has 1 aliphatic rings. The number of carbonyl (C=O) groups is 1. The Labute approximate surface area is 107 Å². The van der Waals surface area contributed by atoms with E-state index in [2.05, 4.69) is 0 Å². The van der Waals surface area contributed by atoms with Crippen molar-refractivity contribution in [2.45, 2.75) is 31.7 Å². The maximum absolute atomic E-state index is 13.6. The number of halogens is 1. The molecular formula is C14H18FNO2. The average Bonchev–Trinajstić information content (AvgIpc) is 2.90. The van der Waals surface area contributed by atoms with Gasteiger partial charge in [0, 0.05) is 18.7 Å². The summed E-state index contributed by atoms with van der Waals surface area (Å²) in [5.41, 5.74) is 0.378. The zero-order chi connectivity index (χ0) is 13.1. The summed E-state index contributed by atoms with van der Waals surface area (Å²) < 4.78 is 18.4. The number of benzene rings is 1. The molecule has 0 saturated heterocycles. The lowest BCUT2D eigenvalue weighted by Gasteiger charge is -2.24. The van der Waals surface area contributed by atoms with E-state index < -0.39 is 5.82 Å². The second kappa shape index (κ2) is 5.38. The fourth-order valence-electron chi connectivity index (χ4n) is 2.46. The van der Waals surface area contributed by atoms with Crippen LogP contribution in [0.3, 0.4) is 0 Å². The number of hydrogen-bond acceptors (Lipinski definition) is 2. The minimum Gasteiger partial charge on any atom is -0.494 e. The molecule has 0 bridgehead atoms. The molecule has 2 rings (SSSR count). The predicted octanol–water partition coefficient (Wildman–Crippen LogP) is 2.85. The molecule has 0 N–H and O–H groups in total. The molecule has 0 aromatic heterocycles. The van der Waals surface area contributed by atoms with Crippen LogP contribution in [-0.4, -0.2) is 31.0 Å². The Kier molecular flexibility index (Phi) is 3.84. The molecule has 4 heteroatoms. The van der Waals surface area contributed by atoms with Gasteiger partial charge in [-0.2, -0.15) is 0 Å². The molecule has 0 spiro atoms. The summed E-state index contributed by atoms with van der Waals surface area (Å²) in [6, 6.07) is 4.63. The molecule has 1 aliphatic carbocycles. The van der Waals surface area contributed by atoms with Crippen molar-refractivity contribution in [3.8, 4) is 5.75 Å². The summed E-state index contributed by atoms with van der Waals surface area (Å²) >= 11 is 0. The van der Waals surface area contributed by atoms with Crippen LogP contribution in [0.1, 0.15) is 36.0 Å². The van der Waals surface area contributed by atoms with Crippen molar-refractivity contribution < 1.29 is 13.9 Å². The molecule has 1 amide bonds. The van der Waals surface area contributed by atoms with Crippen LogP contribution in [0.4, 0.5) is 4.39 Å². The Balaban J connectivity index is 2.15. The fraction of sp³-hybridized carbons (Fsp3) is 0.500. The Morgan fingerprint density at radius 3 is 2.61 bits per heavy atom. The van der Waals surface area contributed by atoms with Gasteiger partial charge in [0.1, 0.15) is 0 Å². The van der Waals surface area contributed by atoms with Crippen LogP contribution in [-0.2, 0) is 0 Å². The third-order valence-corrected chi connectivity index (χ3v) is 3.59. The largest absolute Gasteiger partial charge is 0.494 e. The summed E-state index contributed by atoms with van der Waals surface area (Å²) in [5, 5.41) is 0. The third-order valence-electron chi connectivity index (χ3n) is 3.59. The van der Waals surface area contributed by atoms with Crippen molar-refractivity contribution >= 4 is 5.91 Å². The Morgan fingerprint density at radius 2 is 2.06 bits per heavy atom. The van der Waals surface area contributed by atoms with E-state index in [1.54, 1.807) is 18.0 Å². The zero-order valence-corrected chi connectivity index (χ0v) is 10.8. The van der Waals surface area contributed by atoms with E-state index in [9.17, 15) is 9.18 Å². The van der Waals surface area contributed by atoms with E-state index in [-0.39, 0.29) is 11.7 Å². The van der Waals surface area contributed by atoms with Gasteiger partial charge in [-0.15, -0.1) is 0 Å². The first-order valence-electron chi connectivity index (χ1n) is 6.24. The molecule has 0 aliphatic heterocycles. The zero-order valence-electron chi connectivity index (χ0n) is 10.8. The van der Waals surface area contributed by atoms with Gasteiger partial charge in [0.15, 0.2) is 11.6 Å². The highest BCUT2D eigenvalue weighted by atomic mass is 19.1. The maximum Gasteiger partial charge on any atom is 0.253 e. The van der Waals surface area contributed by atoms with Gasteiger partial charge in [0.2, 0.25) is 0 Å². The van der Waals surface area contributed by atoms with Gasteiger partial charge >= 0.3 is 0 Å². The van der Waals surface area contributed by atoms with E-state index in [0.717, 1.165) is 12.8 Å². The molecule has 3 nitrogen and oxygen atoms in total. The standard InChI is InChI=1S/C14H18FNO2/c1-16(11-5-3-4-6-11)14(17)10-7-8-13(18-2)12(15)9-10/h7-9,11H,3-6H2,1-2H3. The Hall–Kier alpha value is -1.58. The van der Waals surface area contributed by atoms with Gasteiger partial charge in [-0.3, -0.25) is 4.79 Å². The van der Waals surface area contributed by atoms with Crippen LogP contribution in [0, 0.1) is 5.82 Å². The topological polar surface area (TPSA) is 29.5 Å². The van der Waals surface area contributed by atoms with Crippen molar-refractivity contribution in [3.05, 3.63) is 29.6 Å². The molecule has 1 aromatic carbocycles. The van der Waals surface area contributed by atoms with Gasteiger partial charge in [0.05, 0.1) is 7.11 Å². The normalized spacial score (nSPS) is 15.7. The number of hydrogen-bond donors (Lipinski definition) is 0. The molecule has 18 heavy (non-hydrogen) atoms. The average molecular weight is 251 g/mol.